The number of aryl methyl sites for hydroxylation is 1. The van der Waals surface area contributed by atoms with E-state index in [0.717, 1.165) is 0 Å². The number of benzene rings is 2. The zero-order chi connectivity index (χ0) is 20.3. The van der Waals surface area contributed by atoms with Crippen molar-refractivity contribution in [2.45, 2.75) is 12.3 Å². The third-order valence-electron chi connectivity index (χ3n) is 4.39. The van der Waals surface area contributed by atoms with Crippen molar-refractivity contribution < 1.29 is 22.3 Å². The summed E-state index contributed by atoms with van der Waals surface area (Å²) in [6.07, 6.45) is 0. The molecule has 2 unspecified atom stereocenters. The van der Waals surface area contributed by atoms with Crippen LogP contribution in [0.4, 0.5) is 15.8 Å². The number of halogens is 1. The molecule has 0 spiro atoms. The van der Waals surface area contributed by atoms with Gasteiger partial charge < -0.3 is 10.1 Å². The molecule has 0 aromatic heterocycles. The molecule has 4 N–H and O–H groups in total. The third kappa shape index (κ3) is 4.41. The first-order valence-electron chi connectivity index (χ1n) is 8.51. The van der Waals surface area contributed by atoms with Crippen molar-refractivity contribution in [3.63, 3.8) is 0 Å². The Morgan fingerprint density at radius 3 is 2.50 bits per heavy atom. The van der Waals surface area contributed by atoms with Crippen molar-refractivity contribution in [2.24, 2.45) is 5.92 Å². The van der Waals surface area contributed by atoms with E-state index in [2.05, 4.69) is 20.9 Å². The maximum Gasteiger partial charge on any atom is 0.250 e. The summed E-state index contributed by atoms with van der Waals surface area (Å²) >= 11 is 0. The van der Waals surface area contributed by atoms with Gasteiger partial charge in [0.05, 0.1) is 13.0 Å². The molecule has 1 fully saturated rings. The number of nitrogens with one attached hydrogen (secondary N) is 4. The number of rotatable bonds is 6. The lowest BCUT2D eigenvalue weighted by Gasteiger charge is -2.19. The fourth-order valence-electron chi connectivity index (χ4n) is 2.79. The van der Waals surface area contributed by atoms with Crippen LogP contribution < -0.4 is 25.6 Å². The molecule has 1 amide bonds. The Morgan fingerprint density at radius 2 is 1.86 bits per heavy atom. The summed E-state index contributed by atoms with van der Waals surface area (Å²) in [7, 11) is -2.42. The first-order chi connectivity index (χ1) is 13.3. The fourth-order valence-corrected chi connectivity index (χ4v) is 4.28. The highest BCUT2D eigenvalue weighted by Crippen LogP contribution is 2.22. The van der Waals surface area contributed by atoms with Gasteiger partial charge in [0.15, 0.2) is 5.37 Å². The largest absolute Gasteiger partial charge is 0.497 e. The molecule has 10 heteroatoms. The average Bonchev–Trinajstić information content (AvgIpc) is 3.16. The summed E-state index contributed by atoms with van der Waals surface area (Å²) in [4.78, 5) is 12.6. The molecule has 150 valence electrons. The smallest absolute Gasteiger partial charge is 0.250 e. The lowest BCUT2D eigenvalue weighted by Crippen LogP contribution is -2.45. The quantitative estimate of drug-likeness (QED) is 0.578. The minimum absolute atomic E-state index is 0.106. The van der Waals surface area contributed by atoms with Gasteiger partial charge in [0.25, 0.3) is 10.0 Å². The minimum atomic E-state index is -3.93. The maximum atomic E-state index is 13.7. The number of amides is 1. The van der Waals surface area contributed by atoms with E-state index < -0.39 is 33.0 Å². The first-order valence-corrected chi connectivity index (χ1v) is 10.1. The van der Waals surface area contributed by atoms with Gasteiger partial charge in [-0.15, -0.1) is 0 Å². The first kappa shape index (κ1) is 20.1. The topological polar surface area (TPSA) is 109 Å². The zero-order valence-electron chi connectivity index (χ0n) is 15.3. The number of methoxy groups -OCH3 is 1. The van der Waals surface area contributed by atoms with Crippen LogP contribution in [0.25, 0.3) is 0 Å². The van der Waals surface area contributed by atoms with Crippen molar-refractivity contribution >= 4 is 27.3 Å². The van der Waals surface area contributed by atoms with Gasteiger partial charge in [0.2, 0.25) is 5.91 Å². The molecule has 0 aliphatic carbocycles. The van der Waals surface area contributed by atoms with Crippen LogP contribution in [0.15, 0.2) is 42.5 Å². The molecule has 8 nitrogen and oxygen atoms in total. The predicted octanol–water partition coefficient (Wildman–Crippen LogP) is 1.57. The molecule has 28 heavy (non-hydrogen) atoms. The van der Waals surface area contributed by atoms with Gasteiger partial charge in [-0.2, -0.15) is 0 Å². The standard InChI is InChI=1S/C18H21FN4O4S/c1-11-3-4-13(9-16(11)19)21-17(24)15-10-20-22-18(15)28(25,26)23-12-5-7-14(27-2)8-6-12/h3-9,15,18,20,22-23H,10H2,1-2H3,(H,21,24). The minimum Gasteiger partial charge on any atom is -0.497 e. The molecule has 1 heterocycles. The van der Waals surface area contributed by atoms with Crippen LogP contribution in [0, 0.1) is 18.7 Å². The molecule has 0 bridgehead atoms. The van der Waals surface area contributed by atoms with Crippen LogP contribution in [-0.4, -0.2) is 33.4 Å². The molecule has 1 saturated heterocycles. The number of hydrogen-bond donors (Lipinski definition) is 4. The summed E-state index contributed by atoms with van der Waals surface area (Å²) in [5.41, 5.74) is 6.37. The number of hydrogen-bond acceptors (Lipinski definition) is 6. The highest BCUT2D eigenvalue weighted by molar-refractivity contribution is 7.93. The van der Waals surface area contributed by atoms with Crippen LogP contribution in [0.5, 0.6) is 5.75 Å². The van der Waals surface area contributed by atoms with Gasteiger partial charge in [0.1, 0.15) is 11.6 Å². The Labute approximate surface area is 162 Å². The van der Waals surface area contributed by atoms with E-state index in [1.54, 1.807) is 37.3 Å². The monoisotopic (exact) mass is 408 g/mol. The molecular formula is C18H21FN4O4S. The second kappa shape index (κ2) is 8.13. The zero-order valence-corrected chi connectivity index (χ0v) is 16.1. The Kier molecular flexibility index (Phi) is 5.82. The van der Waals surface area contributed by atoms with Gasteiger partial charge >= 0.3 is 0 Å². The van der Waals surface area contributed by atoms with E-state index in [1.165, 1.54) is 19.2 Å². The molecule has 3 rings (SSSR count). The van der Waals surface area contributed by atoms with Crippen LogP contribution >= 0.6 is 0 Å². The van der Waals surface area contributed by atoms with E-state index in [4.69, 9.17) is 4.74 Å². The summed E-state index contributed by atoms with van der Waals surface area (Å²) in [6, 6.07) is 10.7. The highest BCUT2D eigenvalue weighted by atomic mass is 32.2. The summed E-state index contributed by atoms with van der Waals surface area (Å²) < 4.78 is 46.6. The van der Waals surface area contributed by atoms with Crippen molar-refractivity contribution in [2.75, 3.05) is 23.7 Å². The van der Waals surface area contributed by atoms with E-state index in [-0.39, 0.29) is 12.2 Å². The molecule has 0 saturated carbocycles. The maximum absolute atomic E-state index is 13.7. The Hall–Kier alpha value is -2.69. The van der Waals surface area contributed by atoms with Gasteiger partial charge in [-0.05, 0) is 48.9 Å². The van der Waals surface area contributed by atoms with Crippen LogP contribution in [0.3, 0.4) is 0 Å². The van der Waals surface area contributed by atoms with E-state index in [1.807, 2.05) is 0 Å². The third-order valence-corrected chi connectivity index (χ3v) is 6.03. The fraction of sp³-hybridized carbons (Fsp3) is 0.278. The normalized spacial score (nSPS) is 19.2. The average molecular weight is 408 g/mol. The van der Waals surface area contributed by atoms with Crippen LogP contribution in [-0.2, 0) is 14.8 Å². The van der Waals surface area contributed by atoms with E-state index >= 15 is 0 Å². The van der Waals surface area contributed by atoms with Crippen LogP contribution in [0.2, 0.25) is 0 Å². The summed E-state index contributed by atoms with van der Waals surface area (Å²) in [6.45, 7) is 1.72. The molecule has 1 aliphatic rings. The van der Waals surface area contributed by atoms with Gasteiger partial charge in [-0.1, -0.05) is 6.07 Å². The number of anilines is 2. The van der Waals surface area contributed by atoms with E-state index in [0.29, 0.717) is 17.0 Å². The summed E-state index contributed by atoms with van der Waals surface area (Å²) in [5, 5.41) is 1.36. The SMILES string of the molecule is COc1ccc(NS(=O)(=O)C2NNCC2C(=O)Nc2ccc(C)c(F)c2)cc1. The van der Waals surface area contributed by atoms with E-state index in [9.17, 15) is 17.6 Å². The van der Waals surface area contributed by atoms with Crippen LogP contribution in [0.1, 0.15) is 5.56 Å². The van der Waals surface area contributed by atoms with Crippen molar-refractivity contribution in [3.05, 3.63) is 53.8 Å². The molecule has 2 atom stereocenters. The molecule has 2 aromatic rings. The molecular weight excluding hydrogens is 387 g/mol. The van der Waals surface area contributed by atoms with Crippen molar-refractivity contribution in [3.8, 4) is 5.75 Å². The lowest BCUT2D eigenvalue weighted by molar-refractivity contribution is -0.119. The van der Waals surface area contributed by atoms with Gasteiger partial charge in [-0.25, -0.2) is 18.2 Å². The molecule has 2 aromatic carbocycles. The molecule has 0 radical (unpaired) electrons. The number of carbonyl (C=O) groups is 1. The second-order valence-electron chi connectivity index (χ2n) is 6.38. The Morgan fingerprint density at radius 1 is 1.18 bits per heavy atom. The predicted molar refractivity (Wildman–Crippen MR) is 104 cm³/mol. The van der Waals surface area contributed by atoms with Crippen molar-refractivity contribution in [1.82, 2.24) is 10.9 Å². The Balaban J connectivity index is 1.72. The van der Waals surface area contributed by atoms with Gasteiger partial charge in [0, 0.05) is 17.9 Å². The van der Waals surface area contributed by atoms with Gasteiger partial charge in [-0.3, -0.25) is 14.9 Å². The number of hydrazine groups is 1. The second-order valence-corrected chi connectivity index (χ2v) is 8.18. The number of carbonyl (C=O) groups excluding carboxylic acids is 1. The summed E-state index contributed by atoms with van der Waals surface area (Å²) in [5.74, 6) is -1.32. The highest BCUT2D eigenvalue weighted by Gasteiger charge is 2.42. The number of ether oxygens (including phenoxy) is 1. The molecule has 1 aliphatic heterocycles. The van der Waals surface area contributed by atoms with Crippen molar-refractivity contribution in [1.29, 1.82) is 0 Å². The number of sulfonamides is 1. The lowest BCUT2D eigenvalue weighted by atomic mass is 10.1. The Bertz CT molecular complexity index is 966.